The van der Waals surface area contributed by atoms with E-state index >= 15 is 0 Å². The summed E-state index contributed by atoms with van der Waals surface area (Å²) in [6, 6.07) is 1.73. The van der Waals surface area contributed by atoms with Gasteiger partial charge < -0.3 is 0 Å². The first-order valence-electron chi connectivity index (χ1n) is 3.92. The van der Waals surface area contributed by atoms with Gasteiger partial charge in [0.2, 0.25) is 0 Å². The minimum absolute atomic E-state index is 0.349. The highest BCUT2D eigenvalue weighted by atomic mass is 19.4. The number of hydrogen-bond donors (Lipinski definition) is 1. The number of nitrogens with one attached hydrogen (secondary N) is 1. The molecule has 0 saturated carbocycles. The van der Waals surface area contributed by atoms with Crippen molar-refractivity contribution in [2.24, 2.45) is 0 Å². The molecular formula is C9H4F4N2O. The summed E-state index contributed by atoms with van der Waals surface area (Å²) < 4.78 is 49.5. The number of nitrogens with zero attached hydrogens (tertiary/aromatic N) is 1. The average molecular weight is 232 g/mol. The SMILES string of the molecule is N#CNC(=O)c1ccc(F)c(C(F)(F)F)c1. The van der Waals surface area contributed by atoms with Gasteiger partial charge in [-0.1, -0.05) is 0 Å². The Hall–Kier alpha value is -2.10. The van der Waals surface area contributed by atoms with Crippen LogP contribution in [0.3, 0.4) is 0 Å². The number of hydrogen-bond acceptors (Lipinski definition) is 2. The van der Waals surface area contributed by atoms with Crippen LogP contribution in [0.5, 0.6) is 0 Å². The summed E-state index contributed by atoms with van der Waals surface area (Å²) in [5.41, 5.74) is -1.98. The fourth-order valence-electron chi connectivity index (χ4n) is 1.01. The van der Waals surface area contributed by atoms with Crippen molar-refractivity contribution in [1.29, 1.82) is 5.26 Å². The highest BCUT2D eigenvalue weighted by Crippen LogP contribution is 2.31. The summed E-state index contributed by atoms with van der Waals surface area (Å²) in [5, 5.41) is 9.74. The van der Waals surface area contributed by atoms with Crippen LogP contribution in [0.25, 0.3) is 0 Å². The van der Waals surface area contributed by atoms with Gasteiger partial charge in [0.1, 0.15) is 5.82 Å². The number of amides is 1. The number of nitriles is 1. The summed E-state index contributed by atoms with van der Waals surface area (Å²) in [6.07, 6.45) is -3.62. The first kappa shape index (κ1) is 12.0. The summed E-state index contributed by atoms with van der Waals surface area (Å²) in [7, 11) is 0. The maximum atomic E-state index is 12.8. The Bertz CT molecular complexity index is 462. The average Bonchev–Trinajstić information content (AvgIpc) is 2.16. The van der Waals surface area contributed by atoms with Crippen molar-refractivity contribution in [3.8, 4) is 6.19 Å². The minimum atomic E-state index is -4.88. The molecule has 0 aromatic heterocycles. The lowest BCUT2D eigenvalue weighted by Crippen LogP contribution is -2.19. The molecule has 0 atom stereocenters. The van der Waals surface area contributed by atoms with Gasteiger partial charge in [0.05, 0.1) is 5.56 Å². The zero-order valence-corrected chi connectivity index (χ0v) is 7.60. The van der Waals surface area contributed by atoms with E-state index in [4.69, 9.17) is 5.26 Å². The number of rotatable bonds is 1. The molecule has 3 nitrogen and oxygen atoms in total. The van der Waals surface area contributed by atoms with Crippen LogP contribution in [0.2, 0.25) is 0 Å². The molecule has 16 heavy (non-hydrogen) atoms. The molecule has 0 fully saturated rings. The minimum Gasteiger partial charge on any atom is -0.268 e. The molecule has 0 unspecified atom stereocenters. The molecule has 1 aromatic rings. The fraction of sp³-hybridized carbons (Fsp3) is 0.111. The van der Waals surface area contributed by atoms with Crippen LogP contribution in [-0.4, -0.2) is 5.91 Å². The molecule has 0 saturated heterocycles. The highest BCUT2D eigenvalue weighted by Gasteiger charge is 2.34. The van der Waals surface area contributed by atoms with Crippen LogP contribution in [0.4, 0.5) is 17.6 Å². The van der Waals surface area contributed by atoms with E-state index in [1.807, 2.05) is 0 Å². The Morgan fingerprint density at radius 2 is 2.00 bits per heavy atom. The van der Waals surface area contributed by atoms with Crippen LogP contribution < -0.4 is 5.32 Å². The summed E-state index contributed by atoms with van der Waals surface area (Å²) in [5.74, 6) is -2.49. The van der Waals surface area contributed by atoms with Gasteiger partial charge in [0.25, 0.3) is 5.91 Å². The monoisotopic (exact) mass is 232 g/mol. The van der Waals surface area contributed by atoms with Crippen LogP contribution in [0, 0.1) is 17.3 Å². The lowest BCUT2D eigenvalue weighted by atomic mass is 10.1. The summed E-state index contributed by atoms with van der Waals surface area (Å²) >= 11 is 0. The Labute approximate surface area is 87.3 Å². The van der Waals surface area contributed by atoms with Crippen LogP contribution >= 0.6 is 0 Å². The first-order chi connectivity index (χ1) is 7.36. The number of alkyl halides is 3. The molecule has 0 aliphatic rings. The predicted molar refractivity (Wildman–Crippen MR) is 44.5 cm³/mol. The third-order valence-corrected chi connectivity index (χ3v) is 1.70. The molecule has 1 amide bonds. The van der Waals surface area contributed by atoms with Crippen molar-refractivity contribution in [1.82, 2.24) is 5.32 Å². The van der Waals surface area contributed by atoms with Crippen molar-refractivity contribution in [3.05, 3.63) is 35.1 Å². The molecule has 84 valence electrons. The van der Waals surface area contributed by atoms with Crippen molar-refractivity contribution in [2.45, 2.75) is 6.18 Å². The summed E-state index contributed by atoms with van der Waals surface area (Å²) in [4.78, 5) is 11.0. The second kappa shape index (κ2) is 4.18. The van der Waals surface area contributed by atoms with Crippen LogP contribution in [0.15, 0.2) is 18.2 Å². The maximum Gasteiger partial charge on any atom is 0.419 e. The van der Waals surface area contributed by atoms with E-state index in [-0.39, 0.29) is 0 Å². The molecule has 0 spiro atoms. The topological polar surface area (TPSA) is 52.9 Å². The molecule has 0 heterocycles. The Kier molecular flexibility index (Phi) is 3.13. The van der Waals surface area contributed by atoms with E-state index in [1.165, 1.54) is 6.19 Å². The first-order valence-corrected chi connectivity index (χ1v) is 3.92. The number of benzene rings is 1. The summed E-state index contributed by atoms with van der Waals surface area (Å²) in [6.45, 7) is 0. The third kappa shape index (κ3) is 2.48. The zero-order chi connectivity index (χ0) is 12.3. The molecule has 1 N–H and O–H groups in total. The normalized spacial score (nSPS) is 10.7. The van der Waals surface area contributed by atoms with E-state index in [0.29, 0.717) is 12.1 Å². The second-order valence-corrected chi connectivity index (χ2v) is 2.76. The molecule has 7 heteroatoms. The quantitative estimate of drug-likeness (QED) is 0.457. The van der Waals surface area contributed by atoms with E-state index in [1.54, 1.807) is 5.32 Å². The van der Waals surface area contributed by atoms with Crippen LogP contribution in [-0.2, 0) is 6.18 Å². The number of carbonyl (C=O) groups is 1. The standard InChI is InChI=1S/C9H4F4N2O/c10-7-2-1-5(8(16)15-4-14)3-6(7)9(11,12)13/h1-3H,(H,15,16). The fourth-order valence-corrected chi connectivity index (χ4v) is 1.01. The highest BCUT2D eigenvalue weighted by molar-refractivity contribution is 5.95. The van der Waals surface area contributed by atoms with Gasteiger partial charge in [-0.25, -0.2) is 4.39 Å². The van der Waals surface area contributed by atoms with Crippen molar-refractivity contribution in [3.63, 3.8) is 0 Å². The lowest BCUT2D eigenvalue weighted by Gasteiger charge is -2.08. The molecule has 0 radical (unpaired) electrons. The van der Waals surface area contributed by atoms with E-state index < -0.39 is 29.0 Å². The van der Waals surface area contributed by atoms with Crippen molar-refractivity contribution in [2.75, 3.05) is 0 Å². The molecule has 0 aliphatic heterocycles. The smallest absolute Gasteiger partial charge is 0.268 e. The maximum absolute atomic E-state index is 12.8. The molecule has 0 aliphatic carbocycles. The third-order valence-electron chi connectivity index (χ3n) is 1.70. The van der Waals surface area contributed by atoms with E-state index in [9.17, 15) is 22.4 Å². The van der Waals surface area contributed by atoms with Gasteiger partial charge in [-0.05, 0) is 18.2 Å². The van der Waals surface area contributed by atoms with E-state index in [0.717, 1.165) is 6.07 Å². The largest absolute Gasteiger partial charge is 0.419 e. The van der Waals surface area contributed by atoms with Crippen molar-refractivity contribution < 1.29 is 22.4 Å². The molecule has 0 bridgehead atoms. The van der Waals surface area contributed by atoms with Crippen molar-refractivity contribution >= 4 is 5.91 Å². The van der Waals surface area contributed by atoms with E-state index in [2.05, 4.69) is 0 Å². The molecular weight excluding hydrogens is 228 g/mol. The molecule has 1 rings (SSSR count). The van der Waals surface area contributed by atoms with Gasteiger partial charge in [0.15, 0.2) is 6.19 Å². The molecule has 1 aromatic carbocycles. The predicted octanol–water partition coefficient (Wildman–Crippen LogP) is 2.06. The number of carbonyl (C=O) groups excluding carboxylic acids is 1. The van der Waals surface area contributed by atoms with Gasteiger partial charge in [-0.3, -0.25) is 10.1 Å². The Balaban J connectivity index is 3.19. The second-order valence-electron chi connectivity index (χ2n) is 2.76. The van der Waals surface area contributed by atoms with Gasteiger partial charge >= 0.3 is 6.18 Å². The Morgan fingerprint density at radius 1 is 1.38 bits per heavy atom. The van der Waals surface area contributed by atoms with Gasteiger partial charge in [0, 0.05) is 5.56 Å². The zero-order valence-electron chi connectivity index (χ0n) is 7.60. The lowest BCUT2D eigenvalue weighted by molar-refractivity contribution is -0.140. The van der Waals surface area contributed by atoms with Gasteiger partial charge in [-0.2, -0.15) is 18.4 Å². The van der Waals surface area contributed by atoms with Gasteiger partial charge in [-0.15, -0.1) is 0 Å². The number of halogens is 4. The van der Waals surface area contributed by atoms with Crippen LogP contribution in [0.1, 0.15) is 15.9 Å². The Morgan fingerprint density at radius 3 is 2.50 bits per heavy atom.